The number of rotatable bonds is 4. The number of carbonyl (C=O) groups excluding carboxylic acids is 1. The molecule has 136 valence electrons. The summed E-state index contributed by atoms with van der Waals surface area (Å²) in [6, 6.07) is 14.8. The monoisotopic (exact) mass is 353 g/mol. The molecule has 5 heteroatoms. The van der Waals surface area contributed by atoms with Gasteiger partial charge in [0.2, 0.25) is 5.91 Å². The first-order chi connectivity index (χ1) is 12.7. The van der Waals surface area contributed by atoms with Crippen molar-refractivity contribution in [2.24, 2.45) is 5.41 Å². The number of benzene rings is 2. The molecule has 26 heavy (non-hydrogen) atoms. The summed E-state index contributed by atoms with van der Waals surface area (Å²) in [4.78, 5) is 12.3. The van der Waals surface area contributed by atoms with Crippen LogP contribution < -0.4 is 16.0 Å². The van der Waals surface area contributed by atoms with Gasteiger partial charge in [0.15, 0.2) is 0 Å². The van der Waals surface area contributed by atoms with Crippen LogP contribution in [0, 0.1) is 11.2 Å². The van der Waals surface area contributed by atoms with E-state index in [1.807, 2.05) is 42.5 Å². The second-order valence-corrected chi connectivity index (χ2v) is 7.32. The first-order valence-electron chi connectivity index (χ1n) is 9.24. The van der Waals surface area contributed by atoms with Crippen molar-refractivity contribution in [2.45, 2.75) is 25.4 Å². The third kappa shape index (κ3) is 3.24. The lowest BCUT2D eigenvalue weighted by Crippen LogP contribution is -2.51. The average Bonchev–Trinajstić information content (AvgIpc) is 2.97. The zero-order valence-corrected chi connectivity index (χ0v) is 14.7. The molecule has 4 nitrogen and oxygen atoms in total. The van der Waals surface area contributed by atoms with Crippen LogP contribution in [0.25, 0.3) is 11.1 Å². The summed E-state index contributed by atoms with van der Waals surface area (Å²) < 4.78 is 14.6. The van der Waals surface area contributed by atoms with E-state index >= 15 is 0 Å². The summed E-state index contributed by atoms with van der Waals surface area (Å²) in [5, 5.41) is 9.67. The quantitative estimate of drug-likeness (QED) is 0.791. The SMILES string of the molecule is O=C1NCC2(CCNCC2)C1NCc1ccc(-c2ccccc2)cc1F. The van der Waals surface area contributed by atoms with Gasteiger partial charge in [0, 0.05) is 24.1 Å². The van der Waals surface area contributed by atoms with Gasteiger partial charge < -0.3 is 16.0 Å². The van der Waals surface area contributed by atoms with Gasteiger partial charge in [-0.15, -0.1) is 0 Å². The van der Waals surface area contributed by atoms with Crippen LogP contribution in [0.2, 0.25) is 0 Å². The minimum atomic E-state index is -0.252. The van der Waals surface area contributed by atoms with Crippen LogP contribution in [0.4, 0.5) is 4.39 Å². The molecule has 2 fully saturated rings. The average molecular weight is 353 g/mol. The third-order valence-electron chi connectivity index (χ3n) is 5.75. The summed E-state index contributed by atoms with van der Waals surface area (Å²) >= 11 is 0. The minimum absolute atomic E-state index is 0.0354. The third-order valence-corrected chi connectivity index (χ3v) is 5.75. The van der Waals surface area contributed by atoms with Gasteiger partial charge in [0.05, 0.1) is 6.04 Å². The number of hydrogen-bond acceptors (Lipinski definition) is 3. The molecule has 1 atom stereocenters. The summed E-state index contributed by atoms with van der Waals surface area (Å²) in [5.74, 6) is -0.204. The van der Waals surface area contributed by atoms with Gasteiger partial charge in [0.25, 0.3) is 0 Å². The maximum absolute atomic E-state index is 14.6. The predicted molar refractivity (Wildman–Crippen MR) is 100 cm³/mol. The Labute approximate surface area is 153 Å². The van der Waals surface area contributed by atoms with E-state index in [1.54, 1.807) is 6.07 Å². The van der Waals surface area contributed by atoms with Crippen LogP contribution in [0.5, 0.6) is 0 Å². The molecular weight excluding hydrogens is 329 g/mol. The predicted octanol–water partition coefficient (Wildman–Crippen LogP) is 2.45. The first-order valence-corrected chi connectivity index (χ1v) is 9.24. The smallest absolute Gasteiger partial charge is 0.237 e. The molecule has 0 saturated carbocycles. The minimum Gasteiger partial charge on any atom is -0.354 e. The highest BCUT2D eigenvalue weighted by atomic mass is 19.1. The molecule has 2 aromatic rings. The molecule has 0 aromatic heterocycles. The number of nitrogens with one attached hydrogen (secondary N) is 3. The van der Waals surface area contributed by atoms with Gasteiger partial charge in [-0.05, 0) is 43.1 Å². The van der Waals surface area contributed by atoms with Crippen molar-refractivity contribution in [3.63, 3.8) is 0 Å². The number of hydrogen-bond donors (Lipinski definition) is 3. The van der Waals surface area contributed by atoms with E-state index in [0.717, 1.165) is 37.1 Å². The van der Waals surface area contributed by atoms with E-state index in [9.17, 15) is 9.18 Å². The molecule has 2 saturated heterocycles. The zero-order valence-electron chi connectivity index (χ0n) is 14.7. The molecule has 2 aromatic carbocycles. The van der Waals surface area contributed by atoms with Gasteiger partial charge >= 0.3 is 0 Å². The van der Waals surface area contributed by atoms with E-state index in [0.29, 0.717) is 18.7 Å². The molecule has 0 bridgehead atoms. The van der Waals surface area contributed by atoms with Gasteiger partial charge in [-0.2, -0.15) is 0 Å². The topological polar surface area (TPSA) is 53.2 Å². The Morgan fingerprint density at radius 3 is 2.58 bits per heavy atom. The molecule has 1 spiro atoms. The number of piperidine rings is 1. The standard InChI is InChI=1S/C21H24FN3O/c22-18-12-16(15-4-2-1-3-5-15)6-7-17(18)13-24-19-20(26)25-14-21(19)8-10-23-11-9-21/h1-7,12,19,23-24H,8-11,13-14H2,(H,25,26). The molecule has 2 aliphatic heterocycles. The molecule has 1 amide bonds. The van der Waals surface area contributed by atoms with Gasteiger partial charge in [-0.25, -0.2) is 4.39 Å². The number of halogens is 1. The van der Waals surface area contributed by atoms with Crippen molar-refractivity contribution in [3.8, 4) is 11.1 Å². The molecule has 0 aliphatic carbocycles. The Morgan fingerprint density at radius 2 is 1.85 bits per heavy atom. The molecule has 1 unspecified atom stereocenters. The Balaban J connectivity index is 1.48. The zero-order chi connectivity index (χ0) is 18.0. The second-order valence-electron chi connectivity index (χ2n) is 7.32. The van der Waals surface area contributed by atoms with Crippen LogP contribution in [0.1, 0.15) is 18.4 Å². The highest BCUT2D eigenvalue weighted by molar-refractivity contribution is 5.85. The number of carbonyl (C=O) groups is 1. The van der Waals surface area contributed by atoms with Gasteiger partial charge in [-0.1, -0.05) is 42.5 Å². The van der Waals surface area contributed by atoms with Crippen LogP contribution in [0.15, 0.2) is 48.5 Å². The lowest BCUT2D eigenvalue weighted by molar-refractivity contribution is -0.122. The molecule has 2 heterocycles. The van der Waals surface area contributed by atoms with Gasteiger partial charge in [-0.3, -0.25) is 4.79 Å². The Bertz CT molecular complexity index is 787. The first kappa shape index (κ1) is 17.2. The van der Waals surface area contributed by atoms with E-state index in [1.165, 1.54) is 0 Å². The summed E-state index contributed by atoms with van der Waals surface area (Å²) in [6.07, 6.45) is 1.91. The normalized spacial score (nSPS) is 21.7. The van der Waals surface area contributed by atoms with Crippen molar-refractivity contribution >= 4 is 5.91 Å². The van der Waals surface area contributed by atoms with E-state index in [2.05, 4.69) is 16.0 Å². The van der Waals surface area contributed by atoms with Crippen molar-refractivity contribution in [1.29, 1.82) is 0 Å². The van der Waals surface area contributed by atoms with Crippen LogP contribution in [-0.2, 0) is 11.3 Å². The Morgan fingerprint density at radius 1 is 1.08 bits per heavy atom. The molecular formula is C21H24FN3O. The molecule has 0 radical (unpaired) electrons. The molecule has 2 aliphatic rings. The number of amides is 1. The fraction of sp³-hybridized carbons (Fsp3) is 0.381. The van der Waals surface area contributed by atoms with Crippen molar-refractivity contribution in [1.82, 2.24) is 16.0 Å². The van der Waals surface area contributed by atoms with Crippen LogP contribution in [0.3, 0.4) is 0 Å². The lowest BCUT2D eigenvalue weighted by Gasteiger charge is -2.37. The lowest BCUT2D eigenvalue weighted by atomic mass is 9.74. The Kier molecular flexibility index (Phi) is 4.74. The fourth-order valence-corrected chi connectivity index (χ4v) is 4.16. The summed E-state index contributed by atoms with van der Waals surface area (Å²) in [5.41, 5.74) is 2.39. The molecule has 4 rings (SSSR count). The maximum Gasteiger partial charge on any atom is 0.237 e. The summed E-state index contributed by atoms with van der Waals surface area (Å²) in [6.45, 7) is 2.91. The fourth-order valence-electron chi connectivity index (χ4n) is 4.16. The highest BCUT2D eigenvalue weighted by Crippen LogP contribution is 2.36. The molecule has 3 N–H and O–H groups in total. The van der Waals surface area contributed by atoms with E-state index in [-0.39, 0.29) is 23.2 Å². The van der Waals surface area contributed by atoms with Crippen LogP contribution in [-0.4, -0.2) is 31.6 Å². The van der Waals surface area contributed by atoms with Gasteiger partial charge in [0.1, 0.15) is 5.82 Å². The van der Waals surface area contributed by atoms with Crippen molar-refractivity contribution in [3.05, 3.63) is 59.9 Å². The maximum atomic E-state index is 14.6. The largest absolute Gasteiger partial charge is 0.354 e. The van der Waals surface area contributed by atoms with Crippen molar-refractivity contribution in [2.75, 3.05) is 19.6 Å². The van der Waals surface area contributed by atoms with E-state index in [4.69, 9.17) is 0 Å². The highest BCUT2D eigenvalue weighted by Gasteiger charge is 2.48. The van der Waals surface area contributed by atoms with Crippen molar-refractivity contribution < 1.29 is 9.18 Å². The van der Waals surface area contributed by atoms with E-state index < -0.39 is 0 Å². The Hall–Kier alpha value is -2.24. The summed E-state index contributed by atoms with van der Waals surface area (Å²) in [7, 11) is 0. The second kappa shape index (κ2) is 7.17. The van der Waals surface area contributed by atoms with Crippen LogP contribution >= 0.6 is 0 Å².